The molecule has 6 heteroatoms. The van der Waals surface area contributed by atoms with Gasteiger partial charge in [0, 0.05) is 16.7 Å². The Morgan fingerprint density at radius 2 is 1.71 bits per heavy atom. The van der Waals surface area contributed by atoms with Crippen molar-refractivity contribution in [2.75, 3.05) is 0 Å². The van der Waals surface area contributed by atoms with Gasteiger partial charge in [-0.05, 0) is 19.1 Å². The van der Waals surface area contributed by atoms with Crippen LogP contribution in [0.15, 0.2) is 36.4 Å². The summed E-state index contributed by atoms with van der Waals surface area (Å²) in [5.74, 6) is -1.57. The minimum absolute atomic E-state index is 0.0144. The summed E-state index contributed by atoms with van der Waals surface area (Å²) in [6.45, 7) is 1.41. The average molecular weight is 340 g/mol. The van der Waals surface area contributed by atoms with Crippen LogP contribution in [0.5, 0.6) is 0 Å². The summed E-state index contributed by atoms with van der Waals surface area (Å²) in [5, 5.41) is 8.58. The monoisotopic (exact) mass is 339 g/mol. The first-order chi connectivity index (χ1) is 11.5. The zero-order valence-electron chi connectivity index (χ0n) is 12.5. The molecular formula is C18H10ClNO4. The third-order valence-electron chi connectivity index (χ3n) is 3.72. The van der Waals surface area contributed by atoms with Gasteiger partial charge in [-0.25, -0.2) is 4.79 Å². The SMILES string of the molecule is C[C@H](C#N)OC(=O)c1ccc2c(c1Cl)C(=O)c1ccccc1C2=O. The molecule has 2 aromatic rings. The number of ether oxygens (including phenoxy) is 1. The summed E-state index contributed by atoms with van der Waals surface area (Å²) >= 11 is 6.22. The highest BCUT2D eigenvalue weighted by atomic mass is 35.5. The number of esters is 1. The molecule has 5 nitrogen and oxygen atoms in total. The van der Waals surface area contributed by atoms with Crippen molar-refractivity contribution < 1.29 is 19.1 Å². The maximum absolute atomic E-state index is 12.7. The highest BCUT2D eigenvalue weighted by molar-refractivity contribution is 6.41. The smallest absolute Gasteiger partial charge is 0.340 e. The van der Waals surface area contributed by atoms with Crippen LogP contribution in [0.3, 0.4) is 0 Å². The number of nitrogens with zero attached hydrogens (tertiary/aromatic N) is 1. The summed E-state index contributed by atoms with van der Waals surface area (Å²) in [6.07, 6.45) is -0.956. The summed E-state index contributed by atoms with van der Waals surface area (Å²) in [4.78, 5) is 37.3. The van der Waals surface area contributed by atoms with E-state index in [0.717, 1.165) is 0 Å². The summed E-state index contributed by atoms with van der Waals surface area (Å²) < 4.78 is 4.91. The number of hydrogen-bond donors (Lipinski definition) is 0. The van der Waals surface area contributed by atoms with Crippen molar-refractivity contribution in [3.63, 3.8) is 0 Å². The molecule has 1 aliphatic carbocycles. The Morgan fingerprint density at radius 3 is 2.33 bits per heavy atom. The van der Waals surface area contributed by atoms with E-state index in [4.69, 9.17) is 21.6 Å². The second kappa shape index (κ2) is 5.91. The lowest BCUT2D eigenvalue weighted by Gasteiger charge is -2.19. The predicted molar refractivity (Wildman–Crippen MR) is 85.2 cm³/mol. The van der Waals surface area contributed by atoms with Gasteiger partial charge in [0.25, 0.3) is 0 Å². The summed E-state index contributed by atoms with van der Waals surface area (Å²) in [7, 11) is 0. The van der Waals surface area contributed by atoms with E-state index in [9.17, 15) is 14.4 Å². The molecule has 0 amide bonds. The van der Waals surface area contributed by atoms with Crippen molar-refractivity contribution in [2.24, 2.45) is 0 Å². The van der Waals surface area contributed by atoms with Gasteiger partial charge in [-0.1, -0.05) is 35.9 Å². The van der Waals surface area contributed by atoms with Crippen LogP contribution in [0.1, 0.15) is 49.1 Å². The lowest BCUT2D eigenvalue weighted by Crippen LogP contribution is -2.23. The van der Waals surface area contributed by atoms with E-state index in [0.29, 0.717) is 5.56 Å². The Labute approximate surface area is 142 Å². The van der Waals surface area contributed by atoms with E-state index in [1.165, 1.54) is 25.1 Å². The van der Waals surface area contributed by atoms with Crippen LogP contribution < -0.4 is 0 Å². The van der Waals surface area contributed by atoms with Gasteiger partial charge >= 0.3 is 5.97 Å². The highest BCUT2D eigenvalue weighted by Crippen LogP contribution is 2.34. The molecule has 118 valence electrons. The molecule has 0 unspecified atom stereocenters. The maximum atomic E-state index is 12.7. The Morgan fingerprint density at radius 1 is 1.08 bits per heavy atom. The summed E-state index contributed by atoms with van der Waals surface area (Å²) in [6, 6.07) is 10.9. The Bertz CT molecular complexity index is 943. The van der Waals surface area contributed by atoms with Gasteiger partial charge in [0.15, 0.2) is 17.7 Å². The van der Waals surface area contributed by atoms with Gasteiger partial charge in [0.2, 0.25) is 0 Å². The van der Waals surface area contributed by atoms with Gasteiger partial charge < -0.3 is 4.74 Å². The standard InChI is InChI=1S/C18H10ClNO4/c1-9(8-20)24-18(23)13-7-6-12-14(15(13)19)17(22)11-5-3-2-4-10(11)16(12)21/h2-7,9H,1H3/t9-/m1/s1. The molecule has 0 radical (unpaired) electrons. The normalized spacial score (nSPS) is 13.5. The number of carbonyl (C=O) groups excluding carboxylic acids is 3. The molecule has 0 aliphatic heterocycles. The number of ketones is 2. The number of fused-ring (bicyclic) bond motifs is 2. The van der Waals surface area contributed by atoms with E-state index in [-0.39, 0.29) is 33.1 Å². The van der Waals surface area contributed by atoms with Gasteiger partial charge in [0.05, 0.1) is 16.1 Å². The van der Waals surface area contributed by atoms with E-state index < -0.39 is 17.9 Å². The minimum Gasteiger partial charge on any atom is -0.444 e. The van der Waals surface area contributed by atoms with Crippen LogP contribution in [-0.2, 0) is 4.74 Å². The van der Waals surface area contributed by atoms with E-state index in [1.54, 1.807) is 24.3 Å². The molecule has 1 aliphatic rings. The van der Waals surface area contributed by atoms with Crippen LogP contribution in [0.25, 0.3) is 0 Å². The lowest BCUT2D eigenvalue weighted by molar-refractivity contribution is 0.0435. The van der Waals surface area contributed by atoms with Gasteiger partial charge in [-0.15, -0.1) is 0 Å². The predicted octanol–water partition coefficient (Wildman–Crippen LogP) is 3.18. The van der Waals surface area contributed by atoms with Crippen LogP contribution in [0.2, 0.25) is 5.02 Å². The fourth-order valence-corrected chi connectivity index (χ4v) is 2.88. The van der Waals surface area contributed by atoms with Crippen molar-refractivity contribution in [1.82, 2.24) is 0 Å². The van der Waals surface area contributed by atoms with Crippen LogP contribution in [0.4, 0.5) is 0 Å². The quantitative estimate of drug-likeness (QED) is 0.669. The molecule has 0 saturated carbocycles. The highest BCUT2D eigenvalue weighted by Gasteiger charge is 2.33. The molecule has 2 aromatic carbocycles. The van der Waals surface area contributed by atoms with Crippen molar-refractivity contribution in [3.8, 4) is 6.07 Å². The molecule has 0 saturated heterocycles. The van der Waals surface area contributed by atoms with Gasteiger partial charge in [-0.2, -0.15) is 5.26 Å². The lowest BCUT2D eigenvalue weighted by atomic mass is 9.83. The van der Waals surface area contributed by atoms with E-state index in [2.05, 4.69) is 0 Å². The summed E-state index contributed by atoms with van der Waals surface area (Å²) in [5.41, 5.74) is 0.623. The molecule has 3 rings (SSSR count). The number of benzene rings is 2. The van der Waals surface area contributed by atoms with Crippen LogP contribution >= 0.6 is 11.6 Å². The number of carbonyl (C=O) groups is 3. The molecular weight excluding hydrogens is 330 g/mol. The van der Waals surface area contributed by atoms with Crippen LogP contribution in [-0.4, -0.2) is 23.6 Å². The van der Waals surface area contributed by atoms with Crippen LogP contribution in [0, 0.1) is 11.3 Å². The first-order valence-corrected chi connectivity index (χ1v) is 7.45. The zero-order valence-corrected chi connectivity index (χ0v) is 13.3. The number of nitriles is 1. The first kappa shape index (κ1) is 15.9. The van der Waals surface area contributed by atoms with E-state index in [1.807, 2.05) is 0 Å². The van der Waals surface area contributed by atoms with Gasteiger partial charge in [0.1, 0.15) is 6.07 Å². The zero-order chi connectivity index (χ0) is 17.4. The molecule has 1 atom stereocenters. The van der Waals surface area contributed by atoms with E-state index >= 15 is 0 Å². The topological polar surface area (TPSA) is 84.2 Å². The first-order valence-electron chi connectivity index (χ1n) is 7.07. The third-order valence-corrected chi connectivity index (χ3v) is 4.11. The second-order valence-corrected chi connectivity index (χ2v) is 5.61. The maximum Gasteiger partial charge on any atom is 0.340 e. The van der Waals surface area contributed by atoms with Gasteiger partial charge in [-0.3, -0.25) is 9.59 Å². The Kier molecular flexibility index (Phi) is 3.92. The largest absolute Gasteiger partial charge is 0.444 e. The number of hydrogen-bond acceptors (Lipinski definition) is 5. The van der Waals surface area contributed by atoms with Crippen molar-refractivity contribution in [1.29, 1.82) is 5.26 Å². The molecule has 0 bridgehead atoms. The molecule has 0 fully saturated rings. The third kappa shape index (κ3) is 2.38. The Hall–Kier alpha value is -2.97. The number of rotatable bonds is 2. The molecule has 0 spiro atoms. The molecule has 24 heavy (non-hydrogen) atoms. The minimum atomic E-state index is -0.956. The molecule has 0 N–H and O–H groups in total. The van der Waals surface area contributed by atoms with Crippen molar-refractivity contribution in [2.45, 2.75) is 13.0 Å². The fourth-order valence-electron chi connectivity index (χ4n) is 2.55. The molecule has 0 aromatic heterocycles. The average Bonchev–Trinajstić information content (AvgIpc) is 2.59. The van der Waals surface area contributed by atoms with Crippen molar-refractivity contribution in [3.05, 3.63) is 69.2 Å². The Balaban J connectivity index is 2.13. The number of halogens is 1. The second-order valence-electron chi connectivity index (χ2n) is 5.23. The van der Waals surface area contributed by atoms with Crippen molar-refractivity contribution >= 4 is 29.1 Å². The fraction of sp³-hybridized carbons (Fsp3) is 0.111. The molecule has 0 heterocycles.